The molecular formula is C11H20N2O. The first-order chi connectivity index (χ1) is 6.84. The van der Waals surface area contributed by atoms with Crippen LogP contribution in [-0.2, 0) is 4.74 Å². The molecule has 3 heteroatoms. The first kappa shape index (κ1) is 9.97. The van der Waals surface area contributed by atoms with E-state index in [0.29, 0.717) is 12.1 Å². The van der Waals surface area contributed by atoms with Crippen molar-refractivity contribution in [3.8, 4) is 0 Å². The summed E-state index contributed by atoms with van der Waals surface area (Å²) in [7, 11) is 0. The Hall–Kier alpha value is -0.570. The molecule has 0 aromatic heterocycles. The molecule has 0 amide bonds. The minimum Gasteiger partial charge on any atom is -0.378 e. The molecule has 2 atom stereocenters. The van der Waals surface area contributed by atoms with Gasteiger partial charge in [-0.3, -0.25) is 5.41 Å². The van der Waals surface area contributed by atoms with E-state index in [1.807, 2.05) is 0 Å². The number of ether oxygens (including phenoxy) is 1. The van der Waals surface area contributed by atoms with Gasteiger partial charge in [-0.25, -0.2) is 0 Å². The largest absolute Gasteiger partial charge is 0.378 e. The first-order valence-electron chi connectivity index (χ1n) is 5.80. The van der Waals surface area contributed by atoms with E-state index in [0.717, 1.165) is 25.3 Å². The average molecular weight is 196 g/mol. The van der Waals surface area contributed by atoms with Gasteiger partial charge in [0.1, 0.15) is 0 Å². The van der Waals surface area contributed by atoms with Gasteiger partial charge in [0.15, 0.2) is 0 Å². The molecular weight excluding hydrogens is 176 g/mol. The SMILES string of the molecule is N=C1CCCCC(CC2CCCO2)N1. The molecule has 14 heavy (non-hydrogen) atoms. The van der Waals surface area contributed by atoms with Gasteiger partial charge < -0.3 is 10.1 Å². The third kappa shape index (κ3) is 2.71. The van der Waals surface area contributed by atoms with Gasteiger partial charge in [0.2, 0.25) is 0 Å². The molecule has 0 aliphatic carbocycles. The van der Waals surface area contributed by atoms with Crippen LogP contribution in [0, 0.1) is 5.41 Å². The van der Waals surface area contributed by atoms with E-state index < -0.39 is 0 Å². The van der Waals surface area contributed by atoms with Gasteiger partial charge in [0.25, 0.3) is 0 Å². The minimum atomic E-state index is 0.457. The Morgan fingerprint density at radius 3 is 3.00 bits per heavy atom. The second-order valence-corrected chi connectivity index (χ2v) is 4.44. The summed E-state index contributed by atoms with van der Waals surface area (Å²) in [6.45, 7) is 0.939. The van der Waals surface area contributed by atoms with Crippen molar-refractivity contribution in [3.63, 3.8) is 0 Å². The zero-order chi connectivity index (χ0) is 9.80. The van der Waals surface area contributed by atoms with E-state index in [1.54, 1.807) is 0 Å². The Morgan fingerprint density at radius 2 is 2.21 bits per heavy atom. The standard InChI is InChI=1S/C11H20N2O/c12-11-6-2-1-4-9(13-11)8-10-5-3-7-14-10/h9-10H,1-8H2,(H2,12,13). The predicted molar refractivity (Wildman–Crippen MR) is 56.7 cm³/mol. The zero-order valence-electron chi connectivity index (χ0n) is 8.72. The van der Waals surface area contributed by atoms with Crippen molar-refractivity contribution in [2.45, 2.75) is 57.1 Å². The highest BCUT2D eigenvalue weighted by Crippen LogP contribution is 2.20. The van der Waals surface area contributed by atoms with Crippen LogP contribution in [-0.4, -0.2) is 24.6 Å². The van der Waals surface area contributed by atoms with Crippen molar-refractivity contribution >= 4 is 5.84 Å². The lowest BCUT2D eigenvalue weighted by atomic mass is 10.0. The summed E-state index contributed by atoms with van der Waals surface area (Å²) in [5.74, 6) is 0.727. The Bertz CT molecular complexity index is 199. The van der Waals surface area contributed by atoms with Gasteiger partial charge in [0, 0.05) is 19.1 Å². The molecule has 2 N–H and O–H groups in total. The summed E-state index contributed by atoms with van der Waals surface area (Å²) in [4.78, 5) is 0. The molecule has 0 radical (unpaired) electrons. The Kier molecular flexibility index (Phi) is 3.40. The Morgan fingerprint density at radius 1 is 1.29 bits per heavy atom. The highest BCUT2D eigenvalue weighted by Gasteiger charge is 2.22. The highest BCUT2D eigenvalue weighted by atomic mass is 16.5. The van der Waals surface area contributed by atoms with E-state index in [2.05, 4.69) is 5.32 Å². The lowest BCUT2D eigenvalue weighted by molar-refractivity contribution is 0.0957. The van der Waals surface area contributed by atoms with E-state index in [4.69, 9.17) is 10.1 Å². The number of amidine groups is 1. The Balaban J connectivity index is 1.79. The van der Waals surface area contributed by atoms with Crippen LogP contribution in [0.1, 0.15) is 44.9 Å². The maximum atomic E-state index is 7.68. The van der Waals surface area contributed by atoms with Crippen molar-refractivity contribution in [1.82, 2.24) is 5.32 Å². The van der Waals surface area contributed by atoms with Crippen LogP contribution < -0.4 is 5.32 Å². The van der Waals surface area contributed by atoms with Crippen molar-refractivity contribution in [2.24, 2.45) is 0 Å². The summed E-state index contributed by atoms with van der Waals surface area (Å²) in [5.41, 5.74) is 0. The summed E-state index contributed by atoms with van der Waals surface area (Å²) in [5, 5.41) is 11.0. The summed E-state index contributed by atoms with van der Waals surface area (Å²) < 4.78 is 5.62. The van der Waals surface area contributed by atoms with Gasteiger partial charge in [-0.15, -0.1) is 0 Å². The van der Waals surface area contributed by atoms with Gasteiger partial charge in [-0.1, -0.05) is 6.42 Å². The van der Waals surface area contributed by atoms with Crippen molar-refractivity contribution in [1.29, 1.82) is 5.41 Å². The van der Waals surface area contributed by atoms with Crippen molar-refractivity contribution < 1.29 is 4.74 Å². The fourth-order valence-electron chi connectivity index (χ4n) is 2.41. The molecule has 80 valence electrons. The topological polar surface area (TPSA) is 45.1 Å². The van der Waals surface area contributed by atoms with Gasteiger partial charge in [-0.05, 0) is 32.1 Å². The van der Waals surface area contributed by atoms with Crippen molar-refractivity contribution in [3.05, 3.63) is 0 Å². The third-order valence-electron chi connectivity index (χ3n) is 3.18. The molecule has 0 aromatic rings. The number of rotatable bonds is 2. The minimum absolute atomic E-state index is 0.457. The number of hydrogen-bond donors (Lipinski definition) is 2. The molecule has 2 heterocycles. The zero-order valence-corrected chi connectivity index (χ0v) is 8.72. The number of hydrogen-bond acceptors (Lipinski definition) is 2. The molecule has 2 rings (SSSR count). The molecule has 0 saturated carbocycles. The molecule has 2 aliphatic rings. The van der Waals surface area contributed by atoms with E-state index in [1.165, 1.54) is 32.1 Å². The maximum Gasteiger partial charge on any atom is 0.0933 e. The summed E-state index contributed by atoms with van der Waals surface area (Å²) in [6.07, 6.45) is 8.56. The fraction of sp³-hybridized carbons (Fsp3) is 0.909. The van der Waals surface area contributed by atoms with Crippen LogP contribution in [0.2, 0.25) is 0 Å². The van der Waals surface area contributed by atoms with Crippen molar-refractivity contribution in [2.75, 3.05) is 6.61 Å². The fourth-order valence-corrected chi connectivity index (χ4v) is 2.41. The highest BCUT2D eigenvalue weighted by molar-refractivity contribution is 5.79. The van der Waals surface area contributed by atoms with E-state index in [9.17, 15) is 0 Å². The van der Waals surface area contributed by atoms with Crippen LogP contribution in [0.5, 0.6) is 0 Å². The Labute approximate surface area is 85.7 Å². The van der Waals surface area contributed by atoms with E-state index in [-0.39, 0.29) is 0 Å². The van der Waals surface area contributed by atoms with Crippen LogP contribution in [0.4, 0.5) is 0 Å². The summed E-state index contributed by atoms with van der Waals surface area (Å²) in [6, 6.07) is 0.494. The normalized spacial score (nSPS) is 33.9. The van der Waals surface area contributed by atoms with Crippen LogP contribution in [0.15, 0.2) is 0 Å². The quantitative estimate of drug-likeness (QED) is 0.710. The molecule has 2 unspecified atom stereocenters. The van der Waals surface area contributed by atoms with Crippen LogP contribution in [0.25, 0.3) is 0 Å². The van der Waals surface area contributed by atoms with Crippen LogP contribution in [0.3, 0.4) is 0 Å². The second kappa shape index (κ2) is 4.78. The first-order valence-corrected chi connectivity index (χ1v) is 5.80. The van der Waals surface area contributed by atoms with Gasteiger partial charge >= 0.3 is 0 Å². The lowest BCUT2D eigenvalue weighted by Crippen LogP contribution is -2.35. The van der Waals surface area contributed by atoms with Gasteiger partial charge in [0.05, 0.1) is 11.9 Å². The molecule has 2 aliphatic heterocycles. The predicted octanol–water partition coefficient (Wildman–Crippen LogP) is 2.06. The maximum absolute atomic E-state index is 7.68. The average Bonchev–Trinajstić information content (AvgIpc) is 2.56. The third-order valence-corrected chi connectivity index (χ3v) is 3.18. The molecule has 0 aromatic carbocycles. The van der Waals surface area contributed by atoms with Gasteiger partial charge in [-0.2, -0.15) is 0 Å². The molecule has 0 spiro atoms. The monoisotopic (exact) mass is 196 g/mol. The smallest absolute Gasteiger partial charge is 0.0933 e. The van der Waals surface area contributed by atoms with E-state index >= 15 is 0 Å². The summed E-state index contributed by atoms with van der Waals surface area (Å²) >= 11 is 0. The molecule has 2 fully saturated rings. The molecule has 0 bridgehead atoms. The van der Waals surface area contributed by atoms with Crippen LogP contribution >= 0.6 is 0 Å². The lowest BCUT2D eigenvalue weighted by Gasteiger charge is -2.20. The molecule has 3 nitrogen and oxygen atoms in total. The second-order valence-electron chi connectivity index (χ2n) is 4.44. The number of nitrogens with one attached hydrogen (secondary N) is 2. The molecule has 2 saturated heterocycles.